The Kier molecular flexibility index (Phi) is 5.94. The van der Waals surface area contributed by atoms with Crippen LogP contribution < -0.4 is 4.74 Å². The number of rotatable bonds is 5. The van der Waals surface area contributed by atoms with Crippen molar-refractivity contribution < 1.29 is 9.84 Å². The number of halogens is 1. The second-order valence-electron chi connectivity index (χ2n) is 3.49. The largest absolute Gasteiger partial charge is 0.442 e. The van der Waals surface area contributed by atoms with Gasteiger partial charge in [-0.05, 0) is 31.0 Å². The molecular weight excluding hydrogens is 282 g/mol. The Hall–Kier alpha value is -1.13. The first-order valence-electron chi connectivity index (χ1n) is 5.37. The fraction of sp³-hybridized carbons (Fsp3) is 0.308. The maximum atomic E-state index is 8.81. The Morgan fingerprint density at radius 1 is 1.53 bits per heavy atom. The van der Waals surface area contributed by atoms with Crippen LogP contribution in [0.25, 0.3) is 0 Å². The summed E-state index contributed by atoms with van der Waals surface area (Å²) in [7, 11) is 0. The number of hydrogen-bond acceptors (Lipinski definition) is 3. The van der Waals surface area contributed by atoms with Crippen LogP contribution in [0, 0.1) is 0 Å². The lowest BCUT2D eigenvalue weighted by molar-refractivity contribution is 0.299. The average Bonchev–Trinajstić information content (AvgIpc) is 2.31. The summed E-state index contributed by atoms with van der Waals surface area (Å²) in [6.45, 7) is 5.63. The Bertz CT molecular complexity index is 385. The number of ether oxygens (including phenoxy) is 1. The molecular formula is C13H16BrNO2. The Balaban J connectivity index is 2.73. The molecule has 0 aliphatic heterocycles. The molecule has 0 aliphatic carbocycles. The van der Waals surface area contributed by atoms with Crippen LogP contribution in [0.15, 0.2) is 42.0 Å². The van der Waals surface area contributed by atoms with Crippen LogP contribution in [0.5, 0.6) is 5.75 Å². The molecule has 1 aromatic rings. The third-order valence-electron chi connectivity index (χ3n) is 2.11. The number of alkyl halides is 1. The minimum Gasteiger partial charge on any atom is -0.442 e. The van der Waals surface area contributed by atoms with E-state index in [1.54, 1.807) is 0 Å². The maximum Gasteiger partial charge on any atom is 0.208 e. The second kappa shape index (κ2) is 7.25. The molecule has 4 heteroatoms. The molecule has 1 N–H and O–H groups in total. The summed E-state index contributed by atoms with van der Waals surface area (Å²) < 4.78 is 5.62. The van der Waals surface area contributed by atoms with E-state index in [4.69, 9.17) is 9.84 Å². The van der Waals surface area contributed by atoms with Gasteiger partial charge in [-0.1, -0.05) is 34.6 Å². The van der Waals surface area contributed by atoms with Crippen molar-refractivity contribution in [3.05, 3.63) is 42.6 Å². The van der Waals surface area contributed by atoms with E-state index in [0.29, 0.717) is 12.3 Å². The highest BCUT2D eigenvalue weighted by atomic mass is 79.9. The molecule has 1 aromatic carbocycles. The SMILES string of the molecule is C=CN=C(Oc1ccc(CCO)cc1)C(C)Br. The molecule has 0 bridgehead atoms. The van der Waals surface area contributed by atoms with Crippen molar-refractivity contribution in [3.63, 3.8) is 0 Å². The molecule has 0 radical (unpaired) electrons. The summed E-state index contributed by atoms with van der Waals surface area (Å²) in [6, 6.07) is 7.57. The van der Waals surface area contributed by atoms with Crippen LogP contribution in [0.4, 0.5) is 0 Å². The summed E-state index contributed by atoms with van der Waals surface area (Å²) in [5, 5.41) is 8.81. The minimum atomic E-state index is 0.0256. The van der Waals surface area contributed by atoms with E-state index in [1.807, 2.05) is 31.2 Å². The van der Waals surface area contributed by atoms with Crippen molar-refractivity contribution in [2.75, 3.05) is 6.61 Å². The van der Waals surface area contributed by atoms with Gasteiger partial charge in [0.25, 0.3) is 0 Å². The molecule has 0 aromatic heterocycles. The molecule has 0 spiro atoms. The van der Waals surface area contributed by atoms with E-state index in [1.165, 1.54) is 6.20 Å². The zero-order chi connectivity index (χ0) is 12.7. The predicted molar refractivity (Wildman–Crippen MR) is 73.9 cm³/mol. The first kappa shape index (κ1) is 13.9. The van der Waals surface area contributed by atoms with E-state index in [0.717, 1.165) is 11.3 Å². The molecule has 92 valence electrons. The quantitative estimate of drug-likeness (QED) is 0.516. The van der Waals surface area contributed by atoms with Gasteiger partial charge in [0.05, 0.1) is 4.83 Å². The van der Waals surface area contributed by atoms with E-state index < -0.39 is 0 Å². The van der Waals surface area contributed by atoms with Crippen molar-refractivity contribution in [3.8, 4) is 5.75 Å². The Labute approximate surface area is 110 Å². The molecule has 0 saturated carbocycles. The summed E-state index contributed by atoms with van der Waals surface area (Å²) >= 11 is 3.40. The standard InChI is InChI=1S/C13H16BrNO2/c1-3-15-13(10(2)14)17-12-6-4-11(5-7-12)8-9-16/h3-7,10,16H,1,8-9H2,2H3. The zero-order valence-electron chi connectivity index (χ0n) is 9.77. The van der Waals surface area contributed by atoms with Gasteiger partial charge in [-0.25, -0.2) is 4.99 Å². The lowest BCUT2D eigenvalue weighted by Crippen LogP contribution is -2.17. The summed E-state index contributed by atoms with van der Waals surface area (Å²) in [5.74, 6) is 1.29. The maximum absolute atomic E-state index is 8.81. The molecule has 0 aliphatic rings. The van der Waals surface area contributed by atoms with E-state index in [9.17, 15) is 0 Å². The fourth-order valence-corrected chi connectivity index (χ4v) is 1.49. The van der Waals surface area contributed by atoms with Gasteiger partial charge >= 0.3 is 0 Å². The van der Waals surface area contributed by atoms with E-state index in [-0.39, 0.29) is 11.4 Å². The van der Waals surface area contributed by atoms with Gasteiger partial charge < -0.3 is 9.84 Å². The van der Waals surface area contributed by atoms with Crippen LogP contribution in [0.1, 0.15) is 12.5 Å². The number of aliphatic imine (C=N–C) groups is 1. The number of nitrogens with zero attached hydrogens (tertiary/aromatic N) is 1. The third-order valence-corrected chi connectivity index (χ3v) is 2.50. The molecule has 3 nitrogen and oxygen atoms in total. The average molecular weight is 298 g/mol. The van der Waals surface area contributed by atoms with Crippen molar-refractivity contribution >= 4 is 21.8 Å². The first-order chi connectivity index (χ1) is 8.17. The lowest BCUT2D eigenvalue weighted by atomic mass is 10.1. The van der Waals surface area contributed by atoms with E-state index in [2.05, 4.69) is 27.5 Å². The molecule has 1 unspecified atom stereocenters. The molecule has 1 atom stereocenters. The molecule has 0 fully saturated rings. The topological polar surface area (TPSA) is 41.8 Å². The summed E-state index contributed by atoms with van der Waals surface area (Å²) in [4.78, 5) is 4.07. The van der Waals surface area contributed by atoms with Crippen LogP contribution in [-0.4, -0.2) is 22.4 Å². The van der Waals surface area contributed by atoms with Crippen LogP contribution >= 0.6 is 15.9 Å². The number of benzene rings is 1. The number of hydrogen-bond donors (Lipinski definition) is 1. The second-order valence-corrected chi connectivity index (χ2v) is 4.86. The number of aliphatic hydroxyl groups is 1. The normalized spacial score (nSPS) is 13.2. The van der Waals surface area contributed by atoms with Crippen LogP contribution in [0.2, 0.25) is 0 Å². The Morgan fingerprint density at radius 3 is 2.65 bits per heavy atom. The Morgan fingerprint density at radius 2 is 2.18 bits per heavy atom. The highest BCUT2D eigenvalue weighted by Crippen LogP contribution is 2.15. The van der Waals surface area contributed by atoms with Gasteiger partial charge in [-0.15, -0.1) is 0 Å². The minimum absolute atomic E-state index is 0.0256. The lowest BCUT2D eigenvalue weighted by Gasteiger charge is -2.10. The molecule has 0 saturated heterocycles. The number of aliphatic hydroxyl groups excluding tert-OH is 1. The highest BCUT2D eigenvalue weighted by Gasteiger charge is 2.08. The summed E-state index contributed by atoms with van der Waals surface area (Å²) in [5.41, 5.74) is 1.08. The van der Waals surface area contributed by atoms with Gasteiger partial charge in [0.2, 0.25) is 5.90 Å². The monoisotopic (exact) mass is 297 g/mol. The van der Waals surface area contributed by atoms with Gasteiger partial charge in [-0.2, -0.15) is 0 Å². The van der Waals surface area contributed by atoms with Crippen molar-refractivity contribution in [1.82, 2.24) is 0 Å². The van der Waals surface area contributed by atoms with Gasteiger partial charge in [0, 0.05) is 12.8 Å². The first-order valence-corrected chi connectivity index (χ1v) is 6.29. The van der Waals surface area contributed by atoms with Crippen LogP contribution in [0.3, 0.4) is 0 Å². The third kappa shape index (κ3) is 4.71. The molecule has 0 amide bonds. The van der Waals surface area contributed by atoms with Crippen molar-refractivity contribution in [2.45, 2.75) is 18.2 Å². The van der Waals surface area contributed by atoms with Gasteiger partial charge in [0.1, 0.15) is 5.75 Å². The zero-order valence-corrected chi connectivity index (χ0v) is 11.4. The molecule has 0 heterocycles. The van der Waals surface area contributed by atoms with Gasteiger partial charge in [-0.3, -0.25) is 0 Å². The van der Waals surface area contributed by atoms with E-state index >= 15 is 0 Å². The fourth-order valence-electron chi connectivity index (χ4n) is 1.27. The van der Waals surface area contributed by atoms with Crippen molar-refractivity contribution in [2.24, 2.45) is 4.99 Å². The summed E-state index contributed by atoms with van der Waals surface area (Å²) in [6.07, 6.45) is 2.11. The highest BCUT2D eigenvalue weighted by molar-refractivity contribution is 9.10. The van der Waals surface area contributed by atoms with Crippen molar-refractivity contribution in [1.29, 1.82) is 0 Å². The molecule has 17 heavy (non-hydrogen) atoms. The predicted octanol–water partition coefficient (Wildman–Crippen LogP) is 2.93. The smallest absolute Gasteiger partial charge is 0.208 e. The van der Waals surface area contributed by atoms with Crippen LogP contribution in [-0.2, 0) is 6.42 Å². The molecule has 1 rings (SSSR count). The van der Waals surface area contributed by atoms with Gasteiger partial charge in [0.15, 0.2) is 0 Å².